The van der Waals surface area contributed by atoms with Crippen LogP contribution in [0.15, 0.2) is 69.8 Å². The third-order valence-corrected chi connectivity index (χ3v) is 5.94. The van der Waals surface area contributed by atoms with Crippen molar-refractivity contribution in [2.45, 2.75) is 9.79 Å². The van der Waals surface area contributed by atoms with Crippen molar-refractivity contribution < 1.29 is 16.8 Å². The topological polar surface area (TPSA) is 92.3 Å². The summed E-state index contributed by atoms with van der Waals surface area (Å²) >= 11 is 1.58. The normalized spacial score (nSPS) is 12.5. The fourth-order valence-electron chi connectivity index (χ4n) is 1.69. The highest BCUT2D eigenvalue weighted by Gasteiger charge is 2.15. The van der Waals surface area contributed by atoms with Crippen LogP contribution >= 0.6 is 11.8 Å². The number of rotatable bonds is 7. The molecule has 0 aliphatic rings. The van der Waals surface area contributed by atoms with Crippen molar-refractivity contribution in [3.63, 3.8) is 0 Å². The smallest absolute Gasteiger partial charge is 0.206 e. The quantitative estimate of drug-likeness (QED) is 0.564. The number of hydrazine groups is 1. The van der Waals surface area contributed by atoms with Crippen molar-refractivity contribution in [2.24, 2.45) is 0 Å². The Morgan fingerprint density at radius 2 is 1.50 bits per heavy atom. The third kappa shape index (κ3) is 5.46. The second-order valence-corrected chi connectivity index (χ2v) is 8.77. The Bertz CT molecular complexity index is 907. The van der Waals surface area contributed by atoms with E-state index >= 15 is 0 Å². The molecule has 0 amide bonds. The predicted octanol–water partition coefficient (Wildman–Crippen LogP) is 2.19. The minimum Gasteiger partial charge on any atom is -0.206 e. The Morgan fingerprint density at radius 3 is 2.08 bits per heavy atom. The van der Waals surface area contributed by atoms with E-state index in [0.717, 1.165) is 10.3 Å². The molecule has 2 rings (SSSR count). The molecular weight excluding hydrogens is 368 g/mol. The van der Waals surface area contributed by atoms with Crippen molar-refractivity contribution in [3.8, 4) is 0 Å². The summed E-state index contributed by atoms with van der Waals surface area (Å²) in [6, 6.07) is 14.7. The molecule has 2 aromatic rings. The van der Waals surface area contributed by atoms with Gasteiger partial charge in [0.25, 0.3) is 10.0 Å². The van der Waals surface area contributed by atoms with Crippen LogP contribution in [0.3, 0.4) is 0 Å². The predicted molar refractivity (Wildman–Crippen MR) is 96.1 cm³/mol. The van der Waals surface area contributed by atoms with Crippen molar-refractivity contribution in [1.29, 1.82) is 0 Å². The Labute approximate surface area is 146 Å². The molecule has 0 saturated heterocycles. The lowest BCUT2D eigenvalue weighted by atomic mass is 10.2. The first-order valence-electron chi connectivity index (χ1n) is 6.73. The van der Waals surface area contributed by atoms with Crippen LogP contribution in [0, 0.1) is 0 Å². The van der Waals surface area contributed by atoms with Crippen LogP contribution in [-0.2, 0) is 20.0 Å². The van der Waals surface area contributed by atoms with E-state index in [1.54, 1.807) is 42.1 Å². The number of hydrogen-bond acceptors (Lipinski definition) is 5. The summed E-state index contributed by atoms with van der Waals surface area (Å²) in [7, 11) is -7.93. The number of nitrogens with one attached hydrogen (secondary N) is 2. The minimum absolute atomic E-state index is 0.0377. The summed E-state index contributed by atoms with van der Waals surface area (Å²) in [5, 5.41) is 0.897. The second-order valence-electron chi connectivity index (χ2n) is 4.64. The van der Waals surface area contributed by atoms with Crippen molar-refractivity contribution in [3.05, 3.63) is 65.6 Å². The average Bonchev–Trinajstić information content (AvgIpc) is 2.60. The molecule has 0 fully saturated rings. The maximum absolute atomic E-state index is 12.0. The fraction of sp³-hybridized carbons (Fsp3) is 0.0667. The molecule has 0 aliphatic heterocycles. The maximum Gasteiger partial charge on any atom is 0.254 e. The van der Waals surface area contributed by atoms with E-state index in [1.807, 2.05) is 28.1 Å². The lowest BCUT2D eigenvalue weighted by molar-refractivity contribution is 0.562. The highest BCUT2D eigenvalue weighted by Crippen LogP contribution is 2.15. The number of hydrogen-bond donors (Lipinski definition) is 2. The van der Waals surface area contributed by atoms with E-state index in [1.165, 1.54) is 18.2 Å². The SMILES string of the molecule is CSc1ccc(/C=C/S(=O)(=O)NNS(=O)(=O)c2ccccc2)cc1. The van der Waals surface area contributed by atoms with Crippen LogP contribution < -0.4 is 9.66 Å². The summed E-state index contributed by atoms with van der Waals surface area (Å²) in [5.74, 6) is 0. The van der Waals surface area contributed by atoms with Crippen LogP contribution in [0.4, 0.5) is 0 Å². The molecule has 0 heterocycles. The van der Waals surface area contributed by atoms with E-state index in [9.17, 15) is 16.8 Å². The number of sulfonamides is 2. The van der Waals surface area contributed by atoms with Gasteiger partial charge in [-0.3, -0.25) is 0 Å². The molecule has 24 heavy (non-hydrogen) atoms. The summed E-state index contributed by atoms with van der Waals surface area (Å²) in [4.78, 5) is 4.71. The molecule has 0 bridgehead atoms. The van der Waals surface area contributed by atoms with Crippen molar-refractivity contribution in [2.75, 3.05) is 6.26 Å². The second kappa shape index (κ2) is 7.95. The summed E-state index contributed by atoms with van der Waals surface area (Å²) in [5.41, 5.74) is 0.684. The molecule has 0 saturated carbocycles. The van der Waals surface area contributed by atoms with Gasteiger partial charge in [0.1, 0.15) is 0 Å². The van der Waals surface area contributed by atoms with Gasteiger partial charge in [0.2, 0.25) is 10.0 Å². The van der Waals surface area contributed by atoms with Crippen LogP contribution in [-0.4, -0.2) is 23.1 Å². The maximum atomic E-state index is 12.0. The minimum atomic E-state index is -3.96. The molecule has 2 N–H and O–H groups in total. The zero-order valence-corrected chi connectivity index (χ0v) is 15.2. The lowest BCUT2D eigenvalue weighted by Crippen LogP contribution is -2.40. The Hall–Kier alpha value is -1.65. The molecule has 0 unspecified atom stereocenters. The van der Waals surface area contributed by atoms with Gasteiger partial charge in [0.05, 0.1) is 4.90 Å². The van der Waals surface area contributed by atoms with Gasteiger partial charge in [-0.1, -0.05) is 30.3 Å². The van der Waals surface area contributed by atoms with Gasteiger partial charge in [0.15, 0.2) is 0 Å². The molecule has 128 valence electrons. The molecule has 6 nitrogen and oxygen atoms in total. The largest absolute Gasteiger partial charge is 0.254 e. The van der Waals surface area contributed by atoms with Gasteiger partial charge in [-0.2, -0.15) is 0 Å². The van der Waals surface area contributed by atoms with Gasteiger partial charge in [-0.15, -0.1) is 21.4 Å². The van der Waals surface area contributed by atoms with Crippen LogP contribution in [0.2, 0.25) is 0 Å². The standard InChI is InChI=1S/C15H16N2O4S3/c1-22-14-9-7-13(8-10-14)11-12-23(18,19)16-17-24(20,21)15-5-3-2-4-6-15/h2-12,16-17H,1H3/b12-11+. The molecule has 0 atom stereocenters. The first kappa shape index (κ1) is 18.7. The van der Waals surface area contributed by atoms with Gasteiger partial charge in [-0.25, -0.2) is 16.8 Å². The average molecular weight is 385 g/mol. The lowest BCUT2D eigenvalue weighted by Gasteiger charge is -2.06. The van der Waals surface area contributed by atoms with Gasteiger partial charge < -0.3 is 0 Å². The van der Waals surface area contributed by atoms with Crippen molar-refractivity contribution >= 4 is 37.9 Å². The van der Waals surface area contributed by atoms with E-state index < -0.39 is 20.0 Å². The summed E-state index contributed by atoms with van der Waals surface area (Å²) < 4.78 is 47.7. The van der Waals surface area contributed by atoms with Gasteiger partial charge >= 0.3 is 0 Å². The van der Waals surface area contributed by atoms with Gasteiger partial charge in [0, 0.05) is 10.3 Å². The molecule has 0 aliphatic carbocycles. The van der Waals surface area contributed by atoms with Crippen molar-refractivity contribution in [1.82, 2.24) is 9.66 Å². The number of thioether (sulfide) groups is 1. The first-order valence-corrected chi connectivity index (χ1v) is 11.0. The zero-order chi connectivity index (χ0) is 17.6. The summed E-state index contributed by atoms with van der Waals surface area (Å²) in [6.45, 7) is 0. The monoisotopic (exact) mass is 384 g/mol. The van der Waals surface area contributed by atoms with E-state index in [2.05, 4.69) is 0 Å². The van der Waals surface area contributed by atoms with E-state index in [-0.39, 0.29) is 4.90 Å². The highest BCUT2D eigenvalue weighted by molar-refractivity contribution is 7.98. The molecular formula is C15H16N2O4S3. The molecule has 0 radical (unpaired) electrons. The molecule has 2 aromatic carbocycles. The summed E-state index contributed by atoms with van der Waals surface area (Å²) in [6.07, 6.45) is 3.32. The zero-order valence-electron chi connectivity index (χ0n) is 12.7. The Kier molecular flexibility index (Phi) is 6.19. The van der Waals surface area contributed by atoms with E-state index in [4.69, 9.17) is 0 Å². The van der Waals surface area contributed by atoms with Crippen LogP contribution in [0.25, 0.3) is 6.08 Å². The Balaban J connectivity index is 2.04. The van der Waals surface area contributed by atoms with E-state index in [0.29, 0.717) is 5.56 Å². The first-order chi connectivity index (χ1) is 11.3. The molecule has 9 heteroatoms. The van der Waals surface area contributed by atoms with Gasteiger partial charge in [-0.05, 0) is 42.2 Å². The molecule has 0 aromatic heterocycles. The highest BCUT2D eigenvalue weighted by atomic mass is 32.2. The van der Waals surface area contributed by atoms with Crippen LogP contribution in [0.1, 0.15) is 5.56 Å². The fourth-order valence-corrected chi connectivity index (χ4v) is 4.04. The van der Waals surface area contributed by atoms with Crippen LogP contribution in [0.5, 0.6) is 0 Å². The number of benzene rings is 2. The third-order valence-electron chi connectivity index (χ3n) is 2.93. The molecule has 0 spiro atoms. The Morgan fingerprint density at radius 1 is 0.875 bits per heavy atom.